The summed E-state index contributed by atoms with van der Waals surface area (Å²) in [6.45, 7) is 3.87. The molecule has 0 N–H and O–H groups in total. The fourth-order valence-electron chi connectivity index (χ4n) is 3.05. The number of thioether (sulfide) groups is 1. The van der Waals surface area contributed by atoms with Gasteiger partial charge in [-0.3, -0.25) is 0 Å². The second-order valence-corrected chi connectivity index (χ2v) is 7.46. The third-order valence-electron chi connectivity index (χ3n) is 4.27. The average molecular weight is 412 g/mol. The van der Waals surface area contributed by atoms with Crippen molar-refractivity contribution in [2.24, 2.45) is 0 Å². The minimum Gasteiger partial charge on any atom is -0.484 e. The number of rotatable bonds is 6. The smallest absolute Gasteiger partial charge is 0.336 e. The zero-order valence-corrected chi connectivity index (χ0v) is 16.6. The molecule has 0 saturated heterocycles. The lowest BCUT2D eigenvalue weighted by atomic mass is 10.1. The Morgan fingerprint density at radius 2 is 1.90 bits per heavy atom. The Kier molecular flexibility index (Phi) is 5.35. The highest BCUT2D eigenvalue weighted by atomic mass is 32.2. The van der Waals surface area contributed by atoms with Crippen molar-refractivity contribution in [3.63, 3.8) is 0 Å². The number of hydrogen-bond donors (Lipinski definition) is 0. The highest BCUT2D eigenvalue weighted by Gasteiger charge is 2.11. The third-order valence-corrected chi connectivity index (χ3v) is 5.16. The topological polar surface area (TPSA) is 78.4 Å². The fourth-order valence-corrected chi connectivity index (χ4v) is 3.77. The maximum atomic E-state index is 13.2. The van der Waals surface area contributed by atoms with E-state index in [9.17, 15) is 9.18 Å². The van der Waals surface area contributed by atoms with E-state index in [1.165, 1.54) is 30.0 Å². The number of hydrogen-bond acceptors (Lipinski definition) is 7. The second kappa shape index (κ2) is 8.08. The van der Waals surface area contributed by atoms with Crippen LogP contribution in [0.15, 0.2) is 61.3 Å². The van der Waals surface area contributed by atoms with Gasteiger partial charge in [-0.1, -0.05) is 23.9 Å². The van der Waals surface area contributed by atoms with Gasteiger partial charge >= 0.3 is 5.63 Å². The summed E-state index contributed by atoms with van der Waals surface area (Å²) < 4.78 is 29.8. The molecule has 4 aromatic rings. The molecule has 0 saturated carbocycles. The van der Waals surface area contributed by atoms with E-state index >= 15 is 0 Å². The minimum atomic E-state index is -0.400. The van der Waals surface area contributed by atoms with Gasteiger partial charge in [-0.05, 0) is 48.7 Å². The van der Waals surface area contributed by atoms with Gasteiger partial charge in [0.15, 0.2) is 6.61 Å². The van der Waals surface area contributed by atoms with Crippen LogP contribution < -0.4 is 10.4 Å². The largest absolute Gasteiger partial charge is 0.484 e. The molecule has 148 valence electrons. The number of aryl methyl sites for hydroxylation is 2. The Hall–Kier alpha value is -3.13. The number of halogens is 1. The maximum Gasteiger partial charge on any atom is 0.336 e. The van der Waals surface area contributed by atoms with Crippen molar-refractivity contribution in [1.82, 2.24) is 10.2 Å². The van der Waals surface area contributed by atoms with Crippen molar-refractivity contribution < 1.29 is 18.0 Å². The molecular formula is C21H17FN2O4S. The van der Waals surface area contributed by atoms with Crippen molar-refractivity contribution >= 4 is 22.7 Å². The van der Waals surface area contributed by atoms with Crippen LogP contribution in [0.1, 0.15) is 22.6 Å². The molecule has 6 nitrogen and oxygen atoms in total. The molecule has 2 aromatic heterocycles. The van der Waals surface area contributed by atoms with E-state index < -0.39 is 5.63 Å². The summed E-state index contributed by atoms with van der Waals surface area (Å²) >= 11 is 1.32. The van der Waals surface area contributed by atoms with E-state index in [0.29, 0.717) is 28.2 Å². The van der Waals surface area contributed by atoms with Crippen LogP contribution in [0.5, 0.6) is 5.75 Å². The molecule has 0 bridgehead atoms. The molecule has 2 heterocycles. The van der Waals surface area contributed by atoms with Crippen molar-refractivity contribution in [1.29, 1.82) is 0 Å². The van der Waals surface area contributed by atoms with Gasteiger partial charge < -0.3 is 13.6 Å². The summed E-state index contributed by atoms with van der Waals surface area (Å²) in [6.07, 6.45) is 0. The first-order chi connectivity index (χ1) is 14.0. The highest BCUT2D eigenvalue weighted by Crippen LogP contribution is 2.27. The lowest BCUT2D eigenvalue weighted by Crippen LogP contribution is -2.00. The monoisotopic (exact) mass is 412 g/mol. The van der Waals surface area contributed by atoms with E-state index in [4.69, 9.17) is 13.6 Å². The molecule has 0 aliphatic rings. The Balaban J connectivity index is 1.42. The molecular weight excluding hydrogens is 395 g/mol. The molecule has 0 aliphatic heterocycles. The zero-order chi connectivity index (χ0) is 20.4. The van der Waals surface area contributed by atoms with Crippen LogP contribution >= 0.6 is 11.8 Å². The standard InChI is InChI=1S/C21H17FN2O4S/c1-12-6-16(9-17-20(12)13(2)7-19(25)27-17)26-10-18-23-24-21(28-18)29-11-14-4-3-5-15(22)8-14/h3-9H,10-11H2,1-2H3. The summed E-state index contributed by atoms with van der Waals surface area (Å²) in [5.41, 5.74) is 2.70. The minimum absolute atomic E-state index is 0.0779. The predicted molar refractivity (Wildman–Crippen MR) is 107 cm³/mol. The molecule has 0 spiro atoms. The molecule has 0 radical (unpaired) electrons. The van der Waals surface area contributed by atoms with Crippen molar-refractivity contribution in [3.05, 3.63) is 81.3 Å². The van der Waals surface area contributed by atoms with Gasteiger partial charge in [0, 0.05) is 23.3 Å². The number of aromatic nitrogens is 2. The third kappa shape index (κ3) is 4.48. The summed E-state index contributed by atoms with van der Waals surface area (Å²) in [5.74, 6) is 1.09. The Labute approximate surface area is 169 Å². The number of fused-ring (bicyclic) bond motifs is 1. The molecule has 0 aliphatic carbocycles. The van der Waals surface area contributed by atoms with Gasteiger partial charge in [0.1, 0.15) is 17.1 Å². The Morgan fingerprint density at radius 1 is 1.07 bits per heavy atom. The normalized spacial score (nSPS) is 11.1. The van der Waals surface area contributed by atoms with Gasteiger partial charge in [0.2, 0.25) is 0 Å². The van der Waals surface area contributed by atoms with Gasteiger partial charge in [-0.25, -0.2) is 9.18 Å². The summed E-state index contributed by atoms with van der Waals surface area (Å²) in [7, 11) is 0. The van der Waals surface area contributed by atoms with Crippen LogP contribution in [-0.2, 0) is 12.4 Å². The van der Waals surface area contributed by atoms with Crippen LogP contribution in [0, 0.1) is 19.7 Å². The van der Waals surface area contributed by atoms with E-state index in [1.54, 1.807) is 12.1 Å². The molecule has 29 heavy (non-hydrogen) atoms. The van der Waals surface area contributed by atoms with Crippen LogP contribution in [0.3, 0.4) is 0 Å². The van der Waals surface area contributed by atoms with Gasteiger partial charge in [0.05, 0.1) is 0 Å². The molecule has 0 unspecified atom stereocenters. The van der Waals surface area contributed by atoms with E-state index in [-0.39, 0.29) is 12.4 Å². The van der Waals surface area contributed by atoms with Crippen LogP contribution in [-0.4, -0.2) is 10.2 Å². The first-order valence-electron chi connectivity index (χ1n) is 8.85. The van der Waals surface area contributed by atoms with Crippen LogP contribution in [0.2, 0.25) is 0 Å². The van der Waals surface area contributed by atoms with E-state index in [2.05, 4.69) is 10.2 Å². The van der Waals surface area contributed by atoms with E-state index in [1.807, 2.05) is 26.0 Å². The lowest BCUT2D eigenvalue weighted by molar-refractivity contribution is 0.252. The van der Waals surface area contributed by atoms with Crippen molar-refractivity contribution in [3.8, 4) is 5.75 Å². The number of benzene rings is 2. The number of ether oxygens (including phenoxy) is 1. The van der Waals surface area contributed by atoms with Gasteiger partial charge in [-0.2, -0.15) is 0 Å². The lowest BCUT2D eigenvalue weighted by Gasteiger charge is -2.08. The first kappa shape index (κ1) is 19.2. The summed E-state index contributed by atoms with van der Waals surface area (Å²) in [6, 6.07) is 11.4. The van der Waals surface area contributed by atoms with Crippen molar-refractivity contribution in [2.45, 2.75) is 31.4 Å². The quantitative estimate of drug-likeness (QED) is 0.332. The zero-order valence-electron chi connectivity index (χ0n) is 15.8. The van der Waals surface area contributed by atoms with Crippen molar-refractivity contribution in [2.75, 3.05) is 0 Å². The van der Waals surface area contributed by atoms with Gasteiger partial charge in [-0.15, -0.1) is 10.2 Å². The molecule has 0 amide bonds. The molecule has 4 rings (SSSR count). The second-order valence-electron chi connectivity index (χ2n) is 6.53. The first-order valence-corrected chi connectivity index (χ1v) is 9.84. The Bertz CT molecular complexity index is 1240. The SMILES string of the molecule is Cc1cc(OCc2nnc(SCc3cccc(F)c3)o2)cc2oc(=O)cc(C)c12. The summed E-state index contributed by atoms with van der Waals surface area (Å²) in [5, 5.41) is 9.21. The molecule has 8 heteroatoms. The molecule has 2 aromatic carbocycles. The predicted octanol–water partition coefficient (Wildman–Crippen LogP) is 4.80. The van der Waals surface area contributed by atoms with Crippen LogP contribution in [0.4, 0.5) is 4.39 Å². The fraction of sp³-hybridized carbons (Fsp3) is 0.190. The van der Waals surface area contributed by atoms with Gasteiger partial charge in [0.25, 0.3) is 11.1 Å². The molecule has 0 fully saturated rings. The molecule has 0 atom stereocenters. The van der Waals surface area contributed by atoms with Crippen LogP contribution in [0.25, 0.3) is 11.0 Å². The highest BCUT2D eigenvalue weighted by molar-refractivity contribution is 7.98. The Morgan fingerprint density at radius 3 is 2.72 bits per heavy atom. The van der Waals surface area contributed by atoms with E-state index in [0.717, 1.165) is 22.1 Å². The maximum absolute atomic E-state index is 13.2. The number of nitrogens with zero attached hydrogens (tertiary/aromatic N) is 2. The summed E-state index contributed by atoms with van der Waals surface area (Å²) in [4.78, 5) is 11.6. The average Bonchev–Trinajstić information content (AvgIpc) is 3.12.